The summed E-state index contributed by atoms with van der Waals surface area (Å²) >= 11 is 0. The highest BCUT2D eigenvalue weighted by molar-refractivity contribution is 5.85. The molecule has 14 heavy (non-hydrogen) atoms. The topological polar surface area (TPSA) is 127 Å². The molecular weight excluding hydrogens is 196 g/mol. The molecule has 0 aromatic carbocycles. The normalized spacial score (nSPS) is 38.0. The number of aliphatic hydroxyl groups is 4. The van der Waals surface area contributed by atoms with Crippen LogP contribution in [0.3, 0.4) is 0 Å². The van der Waals surface area contributed by atoms with E-state index in [1.807, 2.05) is 0 Å². The molecule has 0 aromatic rings. The molecule has 1 rings (SSSR count). The van der Waals surface area contributed by atoms with Gasteiger partial charge in [0.2, 0.25) is 12.0 Å². The van der Waals surface area contributed by atoms with Crippen LogP contribution < -0.4 is 0 Å². The van der Waals surface area contributed by atoms with Gasteiger partial charge in [-0.15, -0.1) is 0 Å². The summed E-state index contributed by atoms with van der Waals surface area (Å²) in [7, 11) is 0. The van der Waals surface area contributed by atoms with Crippen molar-refractivity contribution in [1.82, 2.24) is 0 Å². The monoisotopic (exact) mass is 206 g/mol. The quantitative estimate of drug-likeness (QED) is 0.346. The Kier molecular flexibility index (Phi) is 2.40. The first-order valence-corrected chi connectivity index (χ1v) is 3.70. The number of aliphatic hydroxyl groups excluding tert-OH is 3. The molecule has 0 fully saturated rings. The fourth-order valence-corrected chi connectivity index (χ4v) is 1.04. The van der Waals surface area contributed by atoms with Crippen molar-refractivity contribution in [2.24, 2.45) is 0 Å². The summed E-state index contributed by atoms with van der Waals surface area (Å²) in [4.78, 5) is 10.5. The standard InChI is InChI=1S/C7H10O7/c1-7(13)3(8)2(5(10)11)14-6(12)4(7)9/h4,6,8-9,12-13H,1H3,(H,10,11)/t4-,6-,7+/m1/s1. The number of hydrogen-bond donors (Lipinski definition) is 5. The minimum atomic E-state index is -2.24. The van der Waals surface area contributed by atoms with Gasteiger partial charge in [-0.1, -0.05) is 0 Å². The van der Waals surface area contributed by atoms with E-state index >= 15 is 0 Å². The average molecular weight is 206 g/mol. The second-order valence-electron chi connectivity index (χ2n) is 3.08. The molecular formula is C7H10O7. The van der Waals surface area contributed by atoms with Crippen molar-refractivity contribution in [3.05, 3.63) is 11.5 Å². The van der Waals surface area contributed by atoms with Gasteiger partial charge in [-0.2, -0.15) is 0 Å². The van der Waals surface area contributed by atoms with Gasteiger partial charge < -0.3 is 30.3 Å². The Morgan fingerprint density at radius 2 is 2.00 bits per heavy atom. The van der Waals surface area contributed by atoms with Gasteiger partial charge in [-0.05, 0) is 6.92 Å². The molecule has 0 radical (unpaired) electrons. The third-order valence-electron chi connectivity index (χ3n) is 1.97. The highest BCUT2D eigenvalue weighted by Gasteiger charge is 2.48. The third-order valence-corrected chi connectivity index (χ3v) is 1.97. The van der Waals surface area contributed by atoms with Gasteiger partial charge in [0.25, 0.3) is 0 Å². The van der Waals surface area contributed by atoms with Crippen LogP contribution in [-0.4, -0.2) is 49.5 Å². The first-order valence-electron chi connectivity index (χ1n) is 3.70. The Labute approximate surface area is 78.5 Å². The molecule has 0 aliphatic carbocycles. The fourth-order valence-electron chi connectivity index (χ4n) is 1.04. The average Bonchev–Trinajstić information content (AvgIpc) is 2.08. The van der Waals surface area contributed by atoms with Crippen LogP contribution in [0.1, 0.15) is 6.92 Å². The van der Waals surface area contributed by atoms with Crippen LogP contribution in [0.5, 0.6) is 0 Å². The van der Waals surface area contributed by atoms with E-state index < -0.39 is 35.5 Å². The van der Waals surface area contributed by atoms with E-state index in [1.165, 1.54) is 0 Å². The zero-order valence-electron chi connectivity index (χ0n) is 7.21. The molecule has 0 aromatic heterocycles. The van der Waals surface area contributed by atoms with Crippen molar-refractivity contribution in [3.63, 3.8) is 0 Å². The number of carboxylic acids is 1. The van der Waals surface area contributed by atoms with Crippen LogP contribution in [0.15, 0.2) is 11.5 Å². The van der Waals surface area contributed by atoms with Crippen LogP contribution >= 0.6 is 0 Å². The zero-order chi connectivity index (χ0) is 11.1. The van der Waals surface area contributed by atoms with Crippen LogP contribution in [0, 0.1) is 0 Å². The van der Waals surface area contributed by atoms with E-state index in [-0.39, 0.29) is 0 Å². The lowest BCUT2D eigenvalue weighted by atomic mass is 9.93. The Morgan fingerprint density at radius 1 is 1.50 bits per heavy atom. The number of carboxylic acid groups (broad SMARTS) is 1. The Balaban J connectivity index is 3.19. The molecule has 0 amide bonds. The highest BCUT2D eigenvalue weighted by Crippen LogP contribution is 2.30. The van der Waals surface area contributed by atoms with Crippen molar-refractivity contribution in [2.75, 3.05) is 0 Å². The van der Waals surface area contributed by atoms with E-state index in [2.05, 4.69) is 4.74 Å². The molecule has 0 saturated heterocycles. The third kappa shape index (κ3) is 1.41. The van der Waals surface area contributed by atoms with Gasteiger partial charge in [-0.3, -0.25) is 0 Å². The molecule has 3 atom stereocenters. The minimum absolute atomic E-state index is 0.960. The van der Waals surface area contributed by atoms with Crippen molar-refractivity contribution in [2.45, 2.75) is 24.9 Å². The van der Waals surface area contributed by atoms with Crippen molar-refractivity contribution in [3.8, 4) is 0 Å². The van der Waals surface area contributed by atoms with E-state index in [4.69, 9.17) is 15.3 Å². The Hall–Kier alpha value is -1.31. The summed E-state index contributed by atoms with van der Waals surface area (Å²) in [5, 5.41) is 45.3. The number of rotatable bonds is 1. The maximum atomic E-state index is 10.5. The van der Waals surface area contributed by atoms with Gasteiger partial charge in [0.15, 0.2) is 17.5 Å². The zero-order valence-corrected chi connectivity index (χ0v) is 7.21. The lowest BCUT2D eigenvalue weighted by Crippen LogP contribution is -2.53. The first kappa shape index (κ1) is 10.8. The van der Waals surface area contributed by atoms with E-state index in [9.17, 15) is 15.0 Å². The summed E-state index contributed by atoms with van der Waals surface area (Å²) in [6.45, 7) is 0.960. The molecule has 0 bridgehead atoms. The number of ether oxygens (including phenoxy) is 1. The van der Waals surface area contributed by atoms with Crippen LogP contribution in [0.25, 0.3) is 0 Å². The molecule has 80 valence electrons. The first-order chi connectivity index (χ1) is 6.28. The maximum Gasteiger partial charge on any atom is 0.375 e. The molecule has 1 aliphatic heterocycles. The van der Waals surface area contributed by atoms with Gasteiger partial charge in [-0.25, -0.2) is 4.79 Å². The molecule has 0 spiro atoms. The van der Waals surface area contributed by atoms with Crippen molar-refractivity contribution in [1.29, 1.82) is 0 Å². The summed E-state index contributed by atoms with van der Waals surface area (Å²) in [5.74, 6) is -3.65. The van der Waals surface area contributed by atoms with Crippen LogP contribution in [0.4, 0.5) is 0 Å². The molecule has 0 unspecified atom stereocenters. The maximum absolute atomic E-state index is 10.5. The second-order valence-corrected chi connectivity index (χ2v) is 3.08. The van der Waals surface area contributed by atoms with E-state index in [0.717, 1.165) is 6.92 Å². The molecule has 5 N–H and O–H groups in total. The predicted molar refractivity (Wildman–Crippen MR) is 41.0 cm³/mol. The minimum Gasteiger partial charge on any atom is -0.506 e. The lowest BCUT2D eigenvalue weighted by molar-refractivity contribution is -0.219. The Bertz CT molecular complexity index is 292. The number of hydrogen-bond acceptors (Lipinski definition) is 6. The van der Waals surface area contributed by atoms with Gasteiger partial charge in [0.1, 0.15) is 0 Å². The smallest absolute Gasteiger partial charge is 0.375 e. The lowest BCUT2D eigenvalue weighted by Gasteiger charge is -2.36. The number of aliphatic carboxylic acids is 1. The van der Waals surface area contributed by atoms with Gasteiger partial charge >= 0.3 is 5.97 Å². The van der Waals surface area contributed by atoms with Crippen LogP contribution in [0.2, 0.25) is 0 Å². The molecule has 7 nitrogen and oxygen atoms in total. The van der Waals surface area contributed by atoms with Gasteiger partial charge in [0.05, 0.1) is 0 Å². The van der Waals surface area contributed by atoms with Gasteiger partial charge in [0, 0.05) is 0 Å². The summed E-state index contributed by atoms with van der Waals surface area (Å²) in [6, 6.07) is 0. The van der Waals surface area contributed by atoms with Crippen molar-refractivity contribution >= 4 is 5.97 Å². The fraction of sp³-hybridized carbons (Fsp3) is 0.571. The predicted octanol–water partition coefficient (Wildman–Crippen LogP) is -1.70. The second kappa shape index (κ2) is 3.12. The number of carbonyl (C=O) groups is 1. The molecule has 1 heterocycles. The molecule has 1 aliphatic rings. The van der Waals surface area contributed by atoms with E-state index in [1.54, 1.807) is 0 Å². The SMILES string of the molecule is C[C@]1(O)C(O)=C(C(=O)O)O[C@@H](O)[C@H]1O. The summed E-state index contributed by atoms with van der Waals surface area (Å²) in [6.07, 6.45) is -3.71. The Morgan fingerprint density at radius 3 is 2.43 bits per heavy atom. The van der Waals surface area contributed by atoms with E-state index in [0.29, 0.717) is 0 Å². The summed E-state index contributed by atoms with van der Waals surface area (Å²) in [5.41, 5.74) is -2.24. The van der Waals surface area contributed by atoms with Crippen LogP contribution in [-0.2, 0) is 9.53 Å². The van der Waals surface area contributed by atoms with Crippen molar-refractivity contribution < 1.29 is 35.1 Å². The highest BCUT2D eigenvalue weighted by atomic mass is 16.6. The molecule has 0 saturated carbocycles. The largest absolute Gasteiger partial charge is 0.506 e. The summed E-state index contributed by atoms with van der Waals surface area (Å²) < 4.78 is 4.28. The molecule has 7 heteroatoms.